The maximum absolute atomic E-state index is 5.95. The molecule has 0 atom stereocenters. The third-order valence-electron chi connectivity index (χ3n) is 3.61. The van der Waals surface area contributed by atoms with Gasteiger partial charge in [-0.25, -0.2) is 0 Å². The van der Waals surface area contributed by atoms with Crippen LogP contribution in [0.2, 0.25) is 0 Å². The van der Waals surface area contributed by atoms with Crippen LogP contribution in [0.4, 0.5) is 0 Å². The van der Waals surface area contributed by atoms with E-state index in [1.807, 2.05) is 7.11 Å². The van der Waals surface area contributed by atoms with E-state index in [9.17, 15) is 0 Å². The van der Waals surface area contributed by atoms with Crippen molar-refractivity contribution in [2.75, 3.05) is 7.11 Å². The van der Waals surface area contributed by atoms with Crippen LogP contribution in [-0.4, -0.2) is 7.11 Å². The molecule has 0 amide bonds. The zero-order chi connectivity index (χ0) is 15.9. The second kappa shape index (κ2) is 5.43. The Morgan fingerprint density at radius 2 is 1.05 bits per heavy atom. The van der Waals surface area contributed by atoms with Gasteiger partial charge < -0.3 is 0 Å². The largest absolute Gasteiger partial charge is 0.293 e. The van der Waals surface area contributed by atoms with Gasteiger partial charge in [0.2, 0.25) is 0 Å². The highest BCUT2D eigenvalue weighted by Gasteiger charge is 2.38. The first-order valence-corrected chi connectivity index (χ1v) is 8.70. The van der Waals surface area contributed by atoms with Crippen LogP contribution in [-0.2, 0) is 16.2 Å². The molecule has 1 nitrogen and oxygen atoms in total. The van der Waals surface area contributed by atoms with Crippen molar-refractivity contribution in [3.8, 4) is 0 Å². The molecule has 20 heavy (non-hydrogen) atoms. The Labute approximate surface area is 126 Å². The minimum absolute atomic E-state index is 0.142. The van der Waals surface area contributed by atoms with E-state index in [0.717, 1.165) is 0 Å². The van der Waals surface area contributed by atoms with Crippen LogP contribution in [0.15, 0.2) is 12.1 Å². The van der Waals surface area contributed by atoms with Crippen LogP contribution in [0.1, 0.15) is 78.5 Å². The smallest absolute Gasteiger partial charge is 0.177 e. The Morgan fingerprint density at radius 3 is 1.25 bits per heavy atom. The van der Waals surface area contributed by atoms with Crippen LogP contribution in [0, 0.1) is 0 Å². The van der Waals surface area contributed by atoms with E-state index in [-0.39, 0.29) is 16.2 Å². The van der Waals surface area contributed by atoms with E-state index in [1.54, 1.807) is 0 Å². The first-order chi connectivity index (χ1) is 8.78. The molecule has 0 N–H and O–H groups in total. The van der Waals surface area contributed by atoms with Crippen molar-refractivity contribution in [1.82, 2.24) is 0 Å². The van der Waals surface area contributed by atoms with Crippen molar-refractivity contribution in [1.29, 1.82) is 0 Å². The van der Waals surface area contributed by atoms with Crippen LogP contribution < -0.4 is 4.52 Å². The highest BCUT2D eigenvalue weighted by atomic mass is 31.1. The van der Waals surface area contributed by atoms with Gasteiger partial charge in [0.1, 0.15) is 0 Å². The lowest BCUT2D eigenvalue weighted by molar-refractivity contribution is 0.520. The van der Waals surface area contributed by atoms with Gasteiger partial charge in [0.25, 0.3) is 7.76 Å². The van der Waals surface area contributed by atoms with Crippen molar-refractivity contribution in [2.45, 2.75) is 78.6 Å². The molecule has 0 fully saturated rings. The summed E-state index contributed by atoms with van der Waals surface area (Å²) in [4.78, 5) is 0. The van der Waals surface area contributed by atoms with E-state index in [2.05, 4.69) is 74.4 Å². The van der Waals surface area contributed by atoms with Gasteiger partial charge in [-0.3, -0.25) is 0 Å². The number of hydrogen-bond donors (Lipinski definition) is 0. The first-order valence-electron chi connectivity index (χ1n) is 7.44. The van der Waals surface area contributed by atoms with Crippen LogP contribution >= 0.6 is 7.76 Å². The molecule has 0 radical (unpaired) electrons. The SMILES string of the molecule is CO[p+]1c(C(C)(C)C)cc(C(C)(C)C)cc1C(C)(C)C. The summed E-state index contributed by atoms with van der Waals surface area (Å²) in [5, 5.41) is 2.90. The highest BCUT2D eigenvalue weighted by Crippen LogP contribution is 2.48. The quantitative estimate of drug-likeness (QED) is 0.626. The van der Waals surface area contributed by atoms with Gasteiger partial charge in [-0.15, -0.1) is 0 Å². The normalized spacial score (nSPS) is 13.7. The molecule has 1 aromatic heterocycles. The number of rotatable bonds is 1. The molecule has 0 unspecified atom stereocenters. The molecule has 2 heteroatoms. The average molecular weight is 295 g/mol. The summed E-state index contributed by atoms with van der Waals surface area (Å²) in [5.74, 6) is 0. The zero-order valence-electron chi connectivity index (χ0n) is 15.0. The van der Waals surface area contributed by atoms with Gasteiger partial charge in [-0.05, 0) is 23.1 Å². The van der Waals surface area contributed by atoms with Crippen molar-refractivity contribution in [2.24, 2.45) is 0 Å². The third kappa shape index (κ3) is 3.83. The first kappa shape index (κ1) is 17.7. The van der Waals surface area contributed by atoms with Crippen molar-refractivity contribution >= 4 is 7.76 Å². The third-order valence-corrected chi connectivity index (χ3v) is 6.45. The molecular formula is C18H32OP+. The van der Waals surface area contributed by atoms with Gasteiger partial charge in [0.15, 0.2) is 10.6 Å². The monoisotopic (exact) mass is 295 g/mol. The molecule has 114 valence electrons. The van der Waals surface area contributed by atoms with Gasteiger partial charge in [0.05, 0.1) is 7.11 Å². The molecule has 1 heterocycles. The Hall–Kier alpha value is -0.390. The predicted octanol–water partition coefficient (Wildman–Crippen LogP) is 5.91. The van der Waals surface area contributed by atoms with E-state index < -0.39 is 7.76 Å². The van der Waals surface area contributed by atoms with E-state index in [0.29, 0.717) is 0 Å². The Kier molecular flexibility index (Phi) is 4.79. The molecule has 0 spiro atoms. The van der Waals surface area contributed by atoms with Gasteiger partial charge in [-0.1, -0.05) is 62.3 Å². The van der Waals surface area contributed by atoms with Crippen molar-refractivity contribution < 1.29 is 4.52 Å². The van der Waals surface area contributed by atoms with Gasteiger partial charge in [0, 0.05) is 10.8 Å². The Morgan fingerprint density at radius 1 is 0.700 bits per heavy atom. The molecule has 0 saturated carbocycles. The second-order valence-corrected chi connectivity index (χ2v) is 10.7. The summed E-state index contributed by atoms with van der Waals surface area (Å²) >= 11 is 0. The topological polar surface area (TPSA) is 9.23 Å². The summed E-state index contributed by atoms with van der Waals surface area (Å²) in [6.45, 7) is 20.6. The molecule has 0 aromatic carbocycles. The van der Waals surface area contributed by atoms with Crippen LogP contribution in [0.25, 0.3) is 0 Å². The number of hydrogen-bond acceptors (Lipinski definition) is 1. The lowest BCUT2D eigenvalue weighted by atomic mass is 9.83. The van der Waals surface area contributed by atoms with Crippen LogP contribution in [0.3, 0.4) is 0 Å². The summed E-state index contributed by atoms with van der Waals surface area (Å²) in [7, 11) is 1.21. The average Bonchev–Trinajstić information content (AvgIpc) is 2.23. The molecule has 0 bridgehead atoms. The summed E-state index contributed by atoms with van der Waals surface area (Å²) < 4.78 is 5.95. The fraction of sp³-hybridized carbons (Fsp3) is 0.722. The molecule has 0 aliphatic carbocycles. The fourth-order valence-electron chi connectivity index (χ4n) is 2.26. The minimum atomic E-state index is -0.645. The molecule has 1 aromatic rings. The standard InChI is InChI=1S/C18H32OP/c1-16(2,3)13-11-14(17(4,5)6)20(19-10)15(12-13)18(7,8)9/h11-12H,1-10H3/q+1. The summed E-state index contributed by atoms with van der Waals surface area (Å²) in [6.07, 6.45) is 0. The molecule has 0 saturated heterocycles. The minimum Gasteiger partial charge on any atom is -0.177 e. The van der Waals surface area contributed by atoms with E-state index >= 15 is 0 Å². The van der Waals surface area contributed by atoms with Crippen LogP contribution in [0.5, 0.6) is 0 Å². The predicted molar refractivity (Wildman–Crippen MR) is 92.2 cm³/mol. The zero-order valence-corrected chi connectivity index (χ0v) is 15.9. The lowest BCUT2D eigenvalue weighted by Gasteiger charge is -2.25. The molecule has 0 aliphatic heterocycles. The van der Waals surface area contributed by atoms with Gasteiger partial charge >= 0.3 is 0 Å². The highest BCUT2D eigenvalue weighted by molar-refractivity contribution is 7.46. The maximum Gasteiger partial charge on any atom is 0.293 e. The molecular weight excluding hydrogens is 263 g/mol. The Bertz CT molecular complexity index is 447. The van der Waals surface area contributed by atoms with Gasteiger partial charge in [-0.2, -0.15) is 4.52 Å². The summed E-state index contributed by atoms with van der Waals surface area (Å²) in [6, 6.07) is 4.79. The fourth-order valence-corrected chi connectivity index (χ4v) is 4.64. The second-order valence-electron chi connectivity index (χ2n) is 8.74. The van der Waals surface area contributed by atoms with Crippen molar-refractivity contribution in [3.63, 3.8) is 0 Å². The molecule has 0 aliphatic rings. The Balaban J connectivity index is 3.75. The summed E-state index contributed by atoms with van der Waals surface area (Å²) in [5.41, 5.74) is 1.87. The molecule has 1 rings (SSSR count). The van der Waals surface area contributed by atoms with E-state index in [4.69, 9.17) is 4.52 Å². The maximum atomic E-state index is 5.95. The van der Waals surface area contributed by atoms with Crippen molar-refractivity contribution in [3.05, 3.63) is 28.3 Å². The lowest BCUT2D eigenvalue weighted by Crippen LogP contribution is -2.20. The van der Waals surface area contributed by atoms with E-state index in [1.165, 1.54) is 16.2 Å².